The topological polar surface area (TPSA) is 96.0 Å². The molecule has 0 aliphatic carbocycles. The highest BCUT2D eigenvalue weighted by Gasteiger charge is 2.19. The average Bonchev–Trinajstić information content (AvgIpc) is 2.37. The van der Waals surface area contributed by atoms with E-state index in [1.165, 1.54) is 0 Å². The minimum Gasteiger partial charge on any atom is -0.368 e. The van der Waals surface area contributed by atoms with Gasteiger partial charge in [-0.05, 0) is 36.6 Å². The Morgan fingerprint density at radius 2 is 1.89 bits per heavy atom. The molecule has 1 rings (SSSR count). The Kier molecular flexibility index (Phi) is 5.07. The summed E-state index contributed by atoms with van der Waals surface area (Å²) >= 11 is 0. The molecule has 0 heterocycles. The van der Waals surface area contributed by atoms with Gasteiger partial charge in [-0.15, -0.1) is 0 Å². The lowest BCUT2D eigenvalue weighted by atomic mass is 10.0. The third-order valence-electron chi connectivity index (χ3n) is 2.63. The van der Waals surface area contributed by atoms with Crippen molar-refractivity contribution in [3.63, 3.8) is 0 Å². The number of nitrogens with one attached hydrogen (secondary N) is 1. The lowest BCUT2D eigenvalue weighted by Crippen LogP contribution is -2.45. The molecule has 1 atom stereocenters. The van der Waals surface area contributed by atoms with Crippen molar-refractivity contribution < 1.29 is 9.59 Å². The third-order valence-corrected chi connectivity index (χ3v) is 2.63. The van der Waals surface area contributed by atoms with Crippen molar-refractivity contribution in [2.75, 3.05) is 0 Å². The van der Waals surface area contributed by atoms with Gasteiger partial charge in [-0.3, -0.25) is 9.59 Å². The van der Waals surface area contributed by atoms with Crippen molar-refractivity contribution in [2.45, 2.75) is 26.3 Å². The molecule has 0 radical (unpaired) electrons. The lowest BCUT2D eigenvalue weighted by Gasteiger charge is -2.17. The minimum atomic E-state index is -0.678. The van der Waals surface area contributed by atoms with Crippen molar-refractivity contribution in [3.05, 3.63) is 35.4 Å². The zero-order chi connectivity index (χ0) is 14.4. The van der Waals surface area contributed by atoms with Gasteiger partial charge < -0.3 is 11.1 Å². The van der Waals surface area contributed by atoms with Crippen molar-refractivity contribution in [1.82, 2.24) is 5.32 Å². The van der Waals surface area contributed by atoms with Crippen molar-refractivity contribution in [3.8, 4) is 6.07 Å². The standard InChI is InChI=1S/C14H17N3O2/c1-9(2)7-12(13(16)18)17-14(19)11-5-3-10(8-15)4-6-11/h3-6,9,12H,7H2,1-2H3,(H2,16,18)(H,17,19)/t12-/m1/s1. The number of carbonyl (C=O) groups is 2. The van der Waals surface area contributed by atoms with Crippen LogP contribution in [-0.2, 0) is 4.79 Å². The molecule has 5 nitrogen and oxygen atoms in total. The van der Waals surface area contributed by atoms with Gasteiger partial charge >= 0.3 is 0 Å². The van der Waals surface area contributed by atoms with Crippen LogP contribution in [0.5, 0.6) is 0 Å². The molecule has 19 heavy (non-hydrogen) atoms. The largest absolute Gasteiger partial charge is 0.368 e. The van der Waals surface area contributed by atoms with E-state index >= 15 is 0 Å². The lowest BCUT2D eigenvalue weighted by molar-refractivity contribution is -0.120. The van der Waals surface area contributed by atoms with Crippen LogP contribution in [0.1, 0.15) is 36.2 Å². The Hall–Kier alpha value is -2.35. The molecule has 0 aromatic heterocycles. The highest BCUT2D eigenvalue weighted by molar-refractivity contribution is 5.97. The predicted octanol–water partition coefficient (Wildman–Crippen LogP) is 1.19. The molecule has 0 fully saturated rings. The molecule has 0 aliphatic heterocycles. The van der Waals surface area contributed by atoms with Gasteiger partial charge in [0.2, 0.25) is 5.91 Å². The fraction of sp³-hybridized carbons (Fsp3) is 0.357. The van der Waals surface area contributed by atoms with Crippen LogP contribution in [0.15, 0.2) is 24.3 Å². The first-order chi connectivity index (χ1) is 8.93. The van der Waals surface area contributed by atoms with Crippen LogP contribution >= 0.6 is 0 Å². The van der Waals surface area contributed by atoms with Crippen LogP contribution in [0.2, 0.25) is 0 Å². The first-order valence-corrected chi connectivity index (χ1v) is 6.04. The Morgan fingerprint density at radius 3 is 2.32 bits per heavy atom. The van der Waals surface area contributed by atoms with Crippen LogP contribution in [0.3, 0.4) is 0 Å². The summed E-state index contributed by atoms with van der Waals surface area (Å²) in [5.41, 5.74) is 6.13. The maximum absolute atomic E-state index is 11.9. The van der Waals surface area contributed by atoms with Crippen LogP contribution in [0.25, 0.3) is 0 Å². The van der Waals surface area contributed by atoms with E-state index in [-0.39, 0.29) is 11.8 Å². The van der Waals surface area contributed by atoms with E-state index < -0.39 is 11.9 Å². The van der Waals surface area contributed by atoms with Gasteiger partial charge in [-0.1, -0.05) is 13.8 Å². The maximum Gasteiger partial charge on any atom is 0.251 e. The van der Waals surface area contributed by atoms with Gasteiger partial charge in [0.25, 0.3) is 5.91 Å². The molecular weight excluding hydrogens is 242 g/mol. The smallest absolute Gasteiger partial charge is 0.251 e. The van der Waals surface area contributed by atoms with Gasteiger partial charge in [0, 0.05) is 5.56 Å². The first-order valence-electron chi connectivity index (χ1n) is 6.04. The van der Waals surface area contributed by atoms with E-state index in [4.69, 9.17) is 11.0 Å². The number of amides is 2. The molecule has 0 bridgehead atoms. The molecule has 5 heteroatoms. The van der Waals surface area contributed by atoms with E-state index in [0.717, 1.165) is 0 Å². The number of hydrogen-bond acceptors (Lipinski definition) is 3. The molecule has 100 valence electrons. The number of nitrogens with zero attached hydrogens (tertiary/aromatic N) is 1. The SMILES string of the molecule is CC(C)C[C@@H](NC(=O)c1ccc(C#N)cc1)C(N)=O. The van der Waals surface area contributed by atoms with E-state index in [2.05, 4.69) is 5.32 Å². The summed E-state index contributed by atoms with van der Waals surface area (Å²) in [7, 11) is 0. The van der Waals surface area contributed by atoms with E-state index in [9.17, 15) is 9.59 Å². The van der Waals surface area contributed by atoms with E-state index in [1.54, 1.807) is 24.3 Å². The Balaban J connectivity index is 2.76. The number of rotatable bonds is 5. The summed E-state index contributed by atoms with van der Waals surface area (Å²) in [6.45, 7) is 3.90. The van der Waals surface area contributed by atoms with Crippen LogP contribution in [-0.4, -0.2) is 17.9 Å². The second kappa shape index (κ2) is 6.55. The molecule has 3 N–H and O–H groups in total. The normalized spacial score (nSPS) is 11.7. The van der Waals surface area contributed by atoms with Gasteiger partial charge in [0.05, 0.1) is 11.6 Å². The number of hydrogen-bond donors (Lipinski definition) is 2. The monoisotopic (exact) mass is 259 g/mol. The van der Waals surface area contributed by atoms with Gasteiger partial charge in [0.15, 0.2) is 0 Å². The number of carbonyl (C=O) groups excluding carboxylic acids is 2. The van der Waals surface area contributed by atoms with Gasteiger partial charge in [-0.2, -0.15) is 5.26 Å². The zero-order valence-electron chi connectivity index (χ0n) is 11.0. The number of nitriles is 1. The second-order valence-electron chi connectivity index (χ2n) is 4.75. The average molecular weight is 259 g/mol. The predicted molar refractivity (Wildman–Crippen MR) is 71.1 cm³/mol. The van der Waals surface area contributed by atoms with Crippen molar-refractivity contribution in [2.24, 2.45) is 11.7 Å². The summed E-state index contributed by atoms with van der Waals surface area (Å²) in [4.78, 5) is 23.2. The minimum absolute atomic E-state index is 0.249. The molecule has 2 amide bonds. The highest BCUT2D eigenvalue weighted by atomic mass is 16.2. The molecule has 0 unspecified atom stereocenters. The van der Waals surface area contributed by atoms with E-state index in [1.807, 2.05) is 19.9 Å². The fourth-order valence-corrected chi connectivity index (χ4v) is 1.66. The second-order valence-corrected chi connectivity index (χ2v) is 4.75. The molecule has 0 spiro atoms. The van der Waals surface area contributed by atoms with Crippen molar-refractivity contribution in [1.29, 1.82) is 5.26 Å². The van der Waals surface area contributed by atoms with Crippen LogP contribution in [0.4, 0.5) is 0 Å². The molecular formula is C14H17N3O2. The molecule has 0 aliphatic rings. The van der Waals surface area contributed by atoms with Crippen LogP contribution < -0.4 is 11.1 Å². The number of primary amides is 1. The van der Waals surface area contributed by atoms with Gasteiger partial charge in [-0.25, -0.2) is 0 Å². The Labute approximate surface area is 112 Å². The summed E-state index contributed by atoms with van der Waals surface area (Å²) in [6.07, 6.45) is 0.497. The third kappa shape index (κ3) is 4.43. The highest BCUT2D eigenvalue weighted by Crippen LogP contribution is 2.07. The molecule has 0 saturated carbocycles. The summed E-state index contributed by atoms with van der Waals surface area (Å²) in [5.74, 6) is -0.664. The fourth-order valence-electron chi connectivity index (χ4n) is 1.66. The quantitative estimate of drug-likeness (QED) is 0.831. The summed E-state index contributed by atoms with van der Waals surface area (Å²) in [5, 5.41) is 11.3. The number of nitrogens with two attached hydrogens (primary N) is 1. The maximum atomic E-state index is 11.9. The van der Waals surface area contributed by atoms with E-state index in [0.29, 0.717) is 17.5 Å². The Morgan fingerprint density at radius 1 is 1.32 bits per heavy atom. The summed E-state index contributed by atoms with van der Waals surface area (Å²) in [6, 6.07) is 7.49. The molecule has 1 aromatic rings. The number of benzene rings is 1. The first kappa shape index (κ1) is 14.7. The van der Waals surface area contributed by atoms with Gasteiger partial charge in [0.1, 0.15) is 6.04 Å². The van der Waals surface area contributed by atoms with Crippen LogP contribution in [0, 0.1) is 17.2 Å². The summed E-state index contributed by atoms with van der Waals surface area (Å²) < 4.78 is 0. The van der Waals surface area contributed by atoms with Crippen molar-refractivity contribution >= 4 is 11.8 Å². The zero-order valence-corrected chi connectivity index (χ0v) is 11.0. The Bertz CT molecular complexity index is 500. The molecule has 1 aromatic carbocycles. The molecule has 0 saturated heterocycles.